The van der Waals surface area contributed by atoms with Crippen molar-refractivity contribution >= 4 is 40.9 Å². The van der Waals surface area contributed by atoms with Crippen LogP contribution in [0.5, 0.6) is 0 Å². The summed E-state index contributed by atoms with van der Waals surface area (Å²) in [5.74, 6) is -3.10. The zero-order chi connectivity index (χ0) is 21.5. The minimum Gasteiger partial charge on any atom is -0.454 e. The van der Waals surface area contributed by atoms with Crippen LogP contribution >= 0.6 is 11.6 Å². The average Bonchev–Trinajstić information content (AvgIpc) is 2.89. The number of hydrogen-bond acceptors (Lipinski definition) is 5. The number of halogens is 4. The summed E-state index contributed by atoms with van der Waals surface area (Å²) in [5, 5.41) is -0.228. The van der Waals surface area contributed by atoms with Crippen molar-refractivity contribution in [2.24, 2.45) is 0 Å². The standard InChI is InChI=1S/C19H11ClF3NO5/c1-9(25)8-29-18(28)10-2-4-12-13(6-10)17(27)24(16(12)26)15-7-11(19(21,22)23)3-5-14(15)20/h2-7H,8H2,1H3. The molecule has 1 aliphatic heterocycles. The predicted molar refractivity (Wildman–Crippen MR) is 95.0 cm³/mol. The van der Waals surface area contributed by atoms with Crippen LogP contribution in [0.15, 0.2) is 36.4 Å². The minimum atomic E-state index is -4.70. The first-order valence-corrected chi connectivity index (χ1v) is 8.44. The largest absolute Gasteiger partial charge is 0.454 e. The van der Waals surface area contributed by atoms with Crippen molar-refractivity contribution in [2.45, 2.75) is 13.1 Å². The van der Waals surface area contributed by atoms with Gasteiger partial charge in [0.1, 0.15) is 6.61 Å². The monoisotopic (exact) mass is 425 g/mol. The molecular weight excluding hydrogens is 415 g/mol. The van der Waals surface area contributed by atoms with E-state index in [2.05, 4.69) is 0 Å². The number of esters is 1. The summed E-state index contributed by atoms with van der Waals surface area (Å²) in [6, 6.07) is 5.75. The van der Waals surface area contributed by atoms with Gasteiger partial charge in [-0.05, 0) is 43.3 Å². The Labute approximate surface area is 166 Å². The first kappa shape index (κ1) is 20.5. The molecular formula is C19H11ClF3NO5. The topological polar surface area (TPSA) is 80.8 Å². The molecule has 0 saturated carbocycles. The number of imide groups is 1. The average molecular weight is 426 g/mol. The third kappa shape index (κ3) is 3.86. The maximum atomic E-state index is 13.0. The van der Waals surface area contributed by atoms with Gasteiger partial charge < -0.3 is 4.74 Å². The summed E-state index contributed by atoms with van der Waals surface area (Å²) in [4.78, 5) is 48.7. The van der Waals surface area contributed by atoms with Gasteiger partial charge in [0.15, 0.2) is 5.78 Å². The van der Waals surface area contributed by atoms with Crippen molar-refractivity contribution in [1.29, 1.82) is 0 Å². The fraction of sp³-hybridized carbons (Fsp3) is 0.158. The number of hydrogen-bond donors (Lipinski definition) is 0. The van der Waals surface area contributed by atoms with E-state index in [1.165, 1.54) is 19.1 Å². The van der Waals surface area contributed by atoms with E-state index in [0.29, 0.717) is 11.0 Å². The van der Waals surface area contributed by atoms with Crippen molar-refractivity contribution < 1.29 is 37.1 Å². The number of benzene rings is 2. The van der Waals surface area contributed by atoms with Gasteiger partial charge in [0, 0.05) is 0 Å². The number of alkyl halides is 3. The molecule has 3 rings (SSSR count). The van der Waals surface area contributed by atoms with Crippen molar-refractivity contribution in [3.8, 4) is 0 Å². The zero-order valence-electron chi connectivity index (χ0n) is 14.7. The van der Waals surface area contributed by atoms with E-state index in [1.54, 1.807) is 0 Å². The minimum absolute atomic E-state index is 0.0943. The number of anilines is 1. The lowest BCUT2D eigenvalue weighted by Gasteiger charge is -2.17. The molecule has 0 radical (unpaired) electrons. The molecule has 0 bridgehead atoms. The summed E-state index contributed by atoms with van der Waals surface area (Å²) in [5.41, 5.74) is -1.90. The normalized spacial score (nSPS) is 13.5. The van der Waals surface area contributed by atoms with Crippen molar-refractivity contribution in [2.75, 3.05) is 11.5 Å². The van der Waals surface area contributed by atoms with E-state index < -0.39 is 47.6 Å². The Morgan fingerprint density at radius 2 is 1.69 bits per heavy atom. The first-order chi connectivity index (χ1) is 13.5. The van der Waals surface area contributed by atoms with Gasteiger partial charge in [0.05, 0.1) is 33.0 Å². The van der Waals surface area contributed by atoms with Gasteiger partial charge in [-0.2, -0.15) is 13.2 Å². The van der Waals surface area contributed by atoms with Crippen LogP contribution in [-0.2, 0) is 15.7 Å². The van der Waals surface area contributed by atoms with E-state index >= 15 is 0 Å². The van der Waals surface area contributed by atoms with Crippen molar-refractivity contribution in [3.63, 3.8) is 0 Å². The number of nitrogens with zero attached hydrogens (tertiary/aromatic N) is 1. The molecule has 0 saturated heterocycles. The Hall–Kier alpha value is -3.20. The highest BCUT2D eigenvalue weighted by Gasteiger charge is 2.40. The Morgan fingerprint density at radius 1 is 1.03 bits per heavy atom. The maximum Gasteiger partial charge on any atom is 0.416 e. The summed E-state index contributed by atoms with van der Waals surface area (Å²) < 4.78 is 43.8. The number of ether oxygens (including phenoxy) is 1. The smallest absolute Gasteiger partial charge is 0.416 e. The molecule has 0 aliphatic carbocycles. The molecule has 1 aliphatic rings. The van der Waals surface area contributed by atoms with Gasteiger partial charge >= 0.3 is 12.1 Å². The van der Waals surface area contributed by atoms with Gasteiger partial charge in [0.2, 0.25) is 0 Å². The van der Waals surface area contributed by atoms with Crippen molar-refractivity contribution in [1.82, 2.24) is 0 Å². The lowest BCUT2D eigenvalue weighted by atomic mass is 10.1. The second-order valence-corrected chi connectivity index (χ2v) is 6.56. The highest BCUT2D eigenvalue weighted by atomic mass is 35.5. The number of carbonyl (C=O) groups excluding carboxylic acids is 4. The van der Waals surface area contributed by atoms with E-state index in [4.69, 9.17) is 16.3 Å². The molecule has 29 heavy (non-hydrogen) atoms. The molecule has 2 aromatic carbocycles. The molecule has 0 atom stereocenters. The SMILES string of the molecule is CC(=O)COC(=O)c1ccc2c(c1)C(=O)N(c1cc(C(F)(F)F)ccc1Cl)C2=O. The quantitative estimate of drug-likeness (QED) is 0.548. The molecule has 0 N–H and O–H groups in total. The van der Waals surface area contributed by atoms with E-state index in [9.17, 15) is 32.3 Å². The van der Waals surface area contributed by atoms with Gasteiger partial charge in [-0.1, -0.05) is 11.6 Å². The van der Waals surface area contributed by atoms with Crippen LogP contribution in [-0.4, -0.2) is 30.2 Å². The second-order valence-electron chi connectivity index (χ2n) is 6.15. The molecule has 0 spiro atoms. The Morgan fingerprint density at radius 3 is 2.31 bits per heavy atom. The summed E-state index contributed by atoms with van der Waals surface area (Å²) in [7, 11) is 0. The fourth-order valence-electron chi connectivity index (χ4n) is 2.70. The van der Waals surface area contributed by atoms with Gasteiger partial charge in [-0.25, -0.2) is 9.69 Å². The van der Waals surface area contributed by atoms with E-state index in [-0.39, 0.29) is 21.7 Å². The number of carbonyl (C=O) groups is 4. The molecule has 10 heteroatoms. The molecule has 0 fully saturated rings. The van der Waals surface area contributed by atoms with Crippen LogP contribution < -0.4 is 4.90 Å². The van der Waals surface area contributed by atoms with Gasteiger partial charge in [-0.3, -0.25) is 14.4 Å². The maximum absolute atomic E-state index is 13.0. The van der Waals surface area contributed by atoms with Crippen LogP contribution in [0, 0.1) is 0 Å². The number of ketones is 1. The van der Waals surface area contributed by atoms with Crippen LogP contribution in [0.4, 0.5) is 18.9 Å². The lowest BCUT2D eigenvalue weighted by molar-refractivity contribution is -0.137. The van der Waals surface area contributed by atoms with Crippen LogP contribution in [0.3, 0.4) is 0 Å². The van der Waals surface area contributed by atoms with Gasteiger partial charge in [-0.15, -0.1) is 0 Å². The molecule has 0 aromatic heterocycles. The summed E-state index contributed by atoms with van der Waals surface area (Å²) in [6.45, 7) is 0.754. The Balaban J connectivity index is 1.99. The van der Waals surface area contributed by atoms with Gasteiger partial charge in [0.25, 0.3) is 11.8 Å². The Bertz CT molecular complexity index is 1060. The number of amides is 2. The molecule has 6 nitrogen and oxygen atoms in total. The highest BCUT2D eigenvalue weighted by molar-refractivity contribution is 6.40. The highest BCUT2D eigenvalue weighted by Crippen LogP contribution is 2.38. The molecule has 1 heterocycles. The zero-order valence-corrected chi connectivity index (χ0v) is 15.4. The molecule has 2 amide bonds. The molecule has 150 valence electrons. The number of Topliss-reactive ketones (excluding diaryl/α,β-unsaturated/α-hetero) is 1. The van der Waals surface area contributed by atoms with Crippen LogP contribution in [0.1, 0.15) is 43.6 Å². The molecule has 2 aromatic rings. The first-order valence-electron chi connectivity index (χ1n) is 8.07. The van der Waals surface area contributed by atoms with Crippen LogP contribution in [0.25, 0.3) is 0 Å². The summed E-state index contributed by atoms with van der Waals surface area (Å²) >= 11 is 5.93. The lowest BCUT2D eigenvalue weighted by Crippen LogP contribution is -2.30. The van der Waals surface area contributed by atoms with Crippen molar-refractivity contribution in [3.05, 3.63) is 63.7 Å². The third-order valence-corrected chi connectivity index (χ3v) is 4.36. The second kappa shape index (κ2) is 7.32. The number of fused-ring (bicyclic) bond motifs is 1. The van der Waals surface area contributed by atoms with Crippen LogP contribution in [0.2, 0.25) is 5.02 Å². The fourth-order valence-corrected chi connectivity index (χ4v) is 2.90. The van der Waals surface area contributed by atoms with E-state index in [0.717, 1.165) is 18.2 Å². The predicted octanol–water partition coefficient (Wildman–Crippen LogP) is 3.91. The summed E-state index contributed by atoms with van der Waals surface area (Å²) in [6.07, 6.45) is -4.70. The third-order valence-electron chi connectivity index (χ3n) is 4.04. The number of rotatable bonds is 4. The Kier molecular flexibility index (Phi) is 5.18. The molecule has 0 unspecified atom stereocenters. The van der Waals surface area contributed by atoms with E-state index in [1.807, 2.05) is 0 Å².